The quantitative estimate of drug-likeness (QED) is 0.150. The third-order valence-corrected chi connectivity index (χ3v) is 11.8. The minimum Gasteiger partial charge on any atom is -0.310 e. The number of hydrogen-bond donors (Lipinski definition) is 0. The molecule has 0 N–H and O–H groups in total. The first-order valence-electron chi connectivity index (χ1n) is 20.6. The Bertz CT molecular complexity index is 3280. The number of nitrogens with zero attached hydrogens (tertiary/aromatic N) is 2. The minimum atomic E-state index is 1.09. The molecule has 0 unspecified atom stereocenters. The number of fused-ring (bicyclic) bond motifs is 4. The Balaban J connectivity index is 1.02. The second-order valence-electron chi connectivity index (χ2n) is 15.3. The van der Waals surface area contributed by atoms with Crippen molar-refractivity contribution < 1.29 is 0 Å². The van der Waals surface area contributed by atoms with E-state index in [0.717, 1.165) is 22.7 Å². The third-order valence-electron chi connectivity index (χ3n) is 11.8. The van der Waals surface area contributed by atoms with Crippen LogP contribution in [0.1, 0.15) is 0 Å². The van der Waals surface area contributed by atoms with Gasteiger partial charge < -0.3 is 9.47 Å². The molecule has 0 saturated heterocycles. The Morgan fingerprint density at radius 1 is 0.283 bits per heavy atom. The van der Waals surface area contributed by atoms with Crippen molar-refractivity contribution in [2.75, 3.05) is 4.90 Å². The van der Waals surface area contributed by atoms with Gasteiger partial charge in [-0.3, -0.25) is 0 Å². The molecule has 282 valence electrons. The molecule has 0 spiro atoms. The number of para-hydroxylation sites is 2. The summed E-state index contributed by atoms with van der Waals surface area (Å²) < 4.78 is 2.39. The van der Waals surface area contributed by atoms with Crippen LogP contribution in [0, 0.1) is 0 Å². The van der Waals surface area contributed by atoms with Gasteiger partial charge in [0.2, 0.25) is 0 Å². The molecule has 1 aromatic heterocycles. The van der Waals surface area contributed by atoms with E-state index >= 15 is 0 Å². The van der Waals surface area contributed by atoms with Crippen LogP contribution < -0.4 is 4.90 Å². The fourth-order valence-corrected chi connectivity index (χ4v) is 9.03. The van der Waals surface area contributed by atoms with E-state index in [4.69, 9.17) is 0 Å². The van der Waals surface area contributed by atoms with Crippen LogP contribution in [0.5, 0.6) is 0 Å². The Labute approximate surface area is 350 Å². The standard InChI is InChI=1S/C58H40N2/c1-3-16-41(17-4-1)45-20-13-23-49(40-45)59(47-36-32-43(33-37-47)51-28-14-19-42-18-7-8-24-50(42)51)48-38-34-44(35-39-48)52-25-9-10-26-53(52)54-29-15-31-57-58(54)55-27-11-12-30-56(55)60(57)46-21-5-2-6-22-46/h1-40H. The van der Waals surface area contributed by atoms with E-state index in [1.54, 1.807) is 0 Å². The minimum absolute atomic E-state index is 1.09. The zero-order valence-corrected chi connectivity index (χ0v) is 33.0. The highest BCUT2D eigenvalue weighted by Crippen LogP contribution is 2.43. The molecule has 10 aromatic carbocycles. The molecule has 0 aliphatic carbocycles. The maximum Gasteiger partial charge on any atom is 0.0547 e. The molecule has 0 saturated carbocycles. The van der Waals surface area contributed by atoms with Gasteiger partial charge in [0.05, 0.1) is 11.0 Å². The van der Waals surface area contributed by atoms with Crippen LogP contribution in [0.3, 0.4) is 0 Å². The molecule has 0 bridgehead atoms. The van der Waals surface area contributed by atoms with Gasteiger partial charge in [-0.2, -0.15) is 0 Å². The summed E-state index contributed by atoms with van der Waals surface area (Å²) in [5, 5.41) is 5.01. The summed E-state index contributed by atoms with van der Waals surface area (Å²) in [6.07, 6.45) is 0. The summed E-state index contributed by atoms with van der Waals surface area (Å²) in [5.74, 6) is 0. The van der Waals surface area contributed by atoms with Crippen LogP contribution in [0.15, 0.2) is 243 Å². The maximum absolute atomic E-state index is 2.39. The van der Waals surface area contributed by atoms with Crippen molar-refractivity contribution in [3.05, 3.63) is 243 Å². The Morgan fingerprint density at radius 2 is 0.800 bits per heavy atom. The number of aromatic nitrogens is 1. The summed E-state index contributed by atoms with van der Waals surface area (Å²) in [7, 11) is 0. The van der Waals surface area contributed by atoms with Crippen molar-refractivity contribution in [2.45, 2.75) is 0 Å². The van der Waals surface area contributed by atoms with Crippen molar-refractivity contribution in [1.29, 1.82) is 0 Å². The monoisotopic (exact) mass is 764 g/mol. The van der Waals surface area contributed by atoms with E-state index in [1.165, 1.54) is 77.1 Å². The van der Waals surface area contributed by atoms with Crippen LogP contribution in [0.2, 0.25) is 0 Å². The molecule has 1 heterocycles. The fourth-order valence-electron chi connectivity index (χ4n) is 9.03. The van der Waals surface area contributed by atoms with Crippen LogP contribution in [-0.4, -0.2) is 4.57 Å². The first-order valence-corrected chi connectivity index (χ1v) is 20.6. The number of hydrogen-bond acceptors (Lipinski definition) is 1. The normalized spacial score (nSPS) is 11.3. The average Bonchev–Trinajstić information content (AvgIpc) is 3.67. The largest absolute Gasteiger partial charge is 0.310 e. The lowest BCUT2D eigenvalue weighted by molar-refractivity contribution is 1.18. The van der Waals surface area contributed by atoms with E-state index in [9.17, 15) is 0 Å². The van der Waals surface area contributed by atoms with Gasteiger partial charge >= 0.3 is 0 Å². The van der Waals surface area contributed by atoms with Gasteiger partial charge in [0, 0.05) is 33.5 Å². The second-order valence-corrected chi connectivity index (χ2v) is 15.3. The van der Waals surface area contributed by atoms with Gasteiger partial charge in [-0.15, -0.1) is 0 Å². The Morgan fingerprint density at radius 3 is 1.57 bits per heavy atom. The maximum atomic E-state index is 2.39. The van der Waals surface area contributed by atoms with Crippen molar-refractivity contribution in [1.82, 2.24) is 4.57 Å². The molecule has 0 aliphatic rings. The van der Waals surface area contributed by atoms with Gasteiger partial charge in [-0.1, -0.05) is 182 Å². The third kappa shape index (κ3) is 6.23. The van der Waals surface area contributed by atoms with Crippen molar-refractivity contribution in [3.8, 4) is 50.2 Å². The molecule has 0 amide bonds. The zero-order chi connectivity index (χ0) is 39.8. The van der Waals surface area contributed by atoms with Crippen molar-refractivity contribution in [2.24, 2.45) is 0 Å². The topological polar surface area (TPSA) is 8.17 Å². The Kier molecular flexibility index (Phi) is 8.87. The second kappa shape index (κ2) is 15.1. The number of rotatable bonds is 8. The average molecular weight is 765 g/mol. The predicted molar refractivity (Wildman–Crippen MR) is 255 cm³/mol. The van der Waals surface area contributed by atoms with Gasteiger partial charge in [0.15, 0.2) is 0 Å². The SMILES string of the molecule is c1ccc(-c2cccc(N(c3ccc(-c4ccccc4-c4cccc5c4c4ccccc4n5-c4ccccc4)cc3)c3ccc(-c4cccc5ccccc45)cc3)c2)cc1. The van der Waals surface area contributed by atoms with Gasteiger partial charge in [-0.25, -0.2) is 0 Å². The van der Waals surface area contributed by atoms with Crippen LogP contribution >= 0.6 is 0 Å². The van der Waals surface area contributed by atoms with Crippen LogP contribution in [0.4, 0.5) is 17.1 Å². The molecule has 0 fully saturated rings. The molecule has 11 aromatic rings. The predicted octanol–water partition coefficient (Wildman–Crippen LogP) is 16.1. The van der Waals surface area contributed by atoms with Crippen molar-refractivity contribution >= 4 is 49.6 Å². The Hall–Kier alpha value is -7.94. The lowest BCUT2D eigenvalue weighted by Crippen LogP contribution is -2.10. The first kappa shape index (κ1) is 35.2. The number of benzene rings is 10. The summed E-state index contributed by atoms with van der Waals surface area (Å²) in [6.45, 7) is 0. The molecular weight excluding hydrogens is 725 g/mol. The highest BCUT2D eigenvalue weighted by molar-refractivity contribution is 6.16. The van der Waals surface area contributed by atoms with E-state index in [-0.39, 0.29) is 0 Å². The van der Waals surface area contributed by atoms with Gasteiger partial charge in [0.25, 0.3) is 0 Å². The molecule has 11 rings (SSSR count). The smallest absolute Gasteiger partial charge is 0.0547 e. The van der Waals surface area contributed by atoms with Gasteiger partial charge in [-0.05, 0) is 116 Å². The summed E-state index contributed by atoms with van der Waals surface area (Å²) in [6, 6.07) is 87.8. The van der Waals surface area contributed by atoms with Gasteiger partial charge in [0.1, 0.15) is 0 Å². The highest BCUT2D eigenvalue weighted by atomic mass is 15.1. The fraction of sp³-hybridized carbons (Fsp3) is 0. The molecule has 0 atom stereocenters. The molecule has 60 heavy (non-hydrogen) atoms. The molecular formula is C58H40N2. The number of anilines is 3. The lowest BCUT2D eigenvalue weighted by Gasteiger charge is -2.26. The lowest BCUT2D eigenvalue weighted by atomic mass is 9.92. The zero-order valence-electron chi connectivity index (χ0n) is 33.0. The van der Waals surface area contributed by atoms with E-state index in [0.29, 0.717) is 0 Å². The molecule has 2 nitrogen and oxygen atoms in total. The first-order chi connectivity index (χ1) is 29.8. The molecule has 0 aliphatic heterocycles. The van der Waals surface area contributed by atoms with Crippen molar-refractivity contribution in [3.63, 3.8) is 0 Å². The van der Waals surface area contributed by atoms with E-state index in [2.05, 4.69) is 252 Å². The van der Waals surface area contributed by atoms with Crippen LogP contribution in [0.25, 0.3) is 82.8 Å². The summed E-state index contributed by atoms with van der Waals surface area (Å²) in [5.41, 5.74) is 16.5. The van der Waals surface area contributed by atoms with E-state index in [1.807, 2.05) is 0 Å². The highest BCUT2D eigenvalue weighted by Gasteiger charge is 2.19. The molecule has 2 heteroatoms. The summed E-state index contributed by atoms with van der Waals surface area (Å²) >= 11 is 0. The summed E-state index contributed by atoms with van der Waals surface area (Å²) in [4.78, 5) is 2.37. The van der Waals surface area contributed by atoms with E-state index < -0.39 is 0 Å². The van der Waals surface area contributed by atoms with Crippen LogP contribution in [-0.2, 0) is 0 Å². The molecule has 0 radical (unpaired) electrons.